The summed E-state index contributed by atoms with van der Waals surface area (Å²) in [6.07, 6.45) is -4.44. The number of alkyl halides is 3. The summed E-state index contributed by atoms with van der Waals surface area (Å²) < 4.78 is 46.3. The van der Waals surface area contributed by atoms with E-state index in [4.69, 9.17) is 10.5 Å². The Kier molecular flexibility index (Phi) is 5.06. The Balaban J connectivity index is 1.66. The molecule has 0 aliphatic heterocycles. The van der Waals surface area contributed by atoms with Gasteiger partial charge in [-0.05, 0) is 31.2 Å². The summed E-state index contributed by atoms with van der Waals surface area (Å²) in [5, 5.41) is 7.20. The zero-order valence-electron chi connectivity index (χ0n) is 14.1. The van der Waals surface area contributed by atoms with Crippen molar-refractivity contribution in [2.75, 3.05) is 12.3 Å². The standard InChI is InChI=1S/C17H14F3N5O2/c1-10-8-13(21)23-16(22-10)11-2-4-12(5-3-11)27-15-7-6-14(24-25-15)26-9-17(18,19)20/h2-8H,9H2,1H3,(H2,21,22,23). The van der Waals surface area contributed by atoms with Gasteiger partial charge in [0.2, 0.25) is 11.8 Å². The molecule has 0 fully saturated rings. The molecule has 1 aromatic carbocycles. The summed E-state index contributed by atoms with van der Waals surface area (Å²) >= 11 is 0. The average Bonchev–Trinajstić information content (AvgIpc) is 2.60. The fraction of sp³-hybridized carbons (Fsp3) is 0.176. The molecule has 0 aliphatic rings. The smallest absolute Gasteiger partial charge is 0.422 e. The van der Waals surface area contributed by atoms with Crippen LogP contribution in [-0.4, -0.2) is 32.9 Å². The van der Waals surface area contributed by atoms with E-state index in [0.29, 0.717) is 17.4 Å². The third kappa shape index (κ3) is 5.27. The zero-order chi connectivity index (χ0) is 19.4. The second kappa shape index (κ2) is 7.44. The molecule has 0 aliphatic carbocycles. The summed E-state index contributed by atoms with van der Waals surface area (Å²) in [6, 6.07) is 11.1. The van der Waals surface area contributed by atoms with Gasteiger partial charge in [-0.25, -0.2) is 9.97 Å². The fourth-order valence-electron chi connectivity index (χ4n) is 2.11. The molecule has 0 amide bonds. The molecule has 0 atom stereocenters. The number of ether oxygens (including phenoxy) is 2. The van der Waals surface area contributed by atoms with Crippen molar-refractivity contribution < 1.29 is 22.6 Å². The van der Waals surface area contributed by atoms with Crippen LogP contribution in [-0.2, 0) is 0 Å². The Bertz CT molecular complexity index is 895. The molecule has 10 heteroatoms. The van der Waals surface area contributed by atoms with Crippen LogP contribution in [0.3, 0.4) is 0 Å². The first-order valence-electron chi connectivity index (χ1n) is 7.71. The lowest BCUT2D eigenvalue weighted by atomic mass is 10.2. The van der Waals surface area contributed by atoms with Crippen molar-refractivity contribution >= 4 is 5.82 Å². The summed E-state index contributed by atoms with van der Waals surface area (Å²) in [7, 11) is 0. The monoisotopic (exact) mass is 377 g/mol. The minimum atomic E-state index is -4.44. The van der Waals surface area contributed by atoms with Gasteiger partial charge in [0, 0.05) is 29.5 Å². The lowest BCUT2D eigenvalue weighted by Crippen LogP contribution is -2.19. The molecule has 2 heterocycles. The Morgan fingerprint density at radius 1 is 0.963 bits per heavy atom. The van der Waals surface area contributed by atoms with Crippen molar-refractivity contribution in [3.63, 3.8) is 0 Å². The summed E-state index contributed by atoms with van der Waals surface area (Å²) in [4.78, 5) is 8.49. The third-order valence-corrected chi connectivity index (χ3v) is 3.21. The highest BCUT2D eigenvalue weighted by molar-refractivity contribution is 5.58. The number of nitrogens with zero attached hydrogens (tertiary/aromatic N) is 4. The van der Waals surface area contributed by atoms with Crippen LogP contribution < -0.4 is 15.2 Å². The molecule has 0 unspecified atom stereocenters. The topological polar surface area (TPSA) is 96.0 Å². The molecule has 0 bridgehead atoms. The SMILES string of the molecule is Cc1cc(N)nc(-c2ccc(Oc3ccc(OCC(F)(F)F)nn3)cc2)n1. The highest BCUT2D eigenvalue weighted by Crippen LogP contribution is 2.24. The maximum absolute atomic E-state index is 12.1. The van der Waals surface area contributed by atoms with E-state index in [-0.39, 0.29) is 11.8 Å². The van der Waals surface area contributed by atoms with Crippen LogP contribution in [0.2, 0.25) is 0 Å². The molecule has 2 aromatic heterocycles. The van der Waals surface area contributed by atoms with E-state index in [2.05, 4.69) is 24.9 Å². The second-order valence-corrected chi connectivity index (χ2v) is 5.50. The summed E-state index contributed by atoms with van der Waals surface area (Å²) in [5.41, 5.74) is 7.22. The molecule has 27 heavy (non-hydrogen) atoms. The van der Waals surface area contributed by atoms with E-state index < -0.39 is 12.8 Å². The van der Waals surface area contributed by atoms with Gasteiger partial charge in [0.25, 0.3) is 0 Å². The van der Waals surface area contributed by atoms with Crippen LogP contribution in [0, 0.1) is 6.92 Å². The average molecular weight is 377 g/mol. The largest absolute Gasteiger partial charge is 0.467 e. The van der Waals surface area contributed by atoms with Crippen molar-refractivity contribution in [3.8, 4) is 28.9 Å². The van der Waals surface area contributed by atoms with Crippen molar-refractivity contribution in [2.24, 2.45) is 0 Å². The van der Waals surface area contributed by atoms with Gasteiger partial charge in [-0.15, -0.1) is 10.2 Å². The summed E-state index contributed by atoms with van der Waals surface area (Å²) in [5.74, 6) is 1.19. The van der Waals surface area contributed by atoms with Crippen molar-refractivity contribution in [2.45, 2.75) is 13.1 Å². The number of nitrogens with two attached hydrogens (primary N) is 1. The number of hydrogen-bond acceptors (Lipinski definition) is 7. The molecule has 140 valence electrons. The van der Waals surface area contributed by atoms with Crippen LogP contribution in [0.5, 0.6) is 17.5 Å². The fourth-order valence-corrected chi connectivity index (χ4v) is 2.11. The van der Waals surface area contributed by atoms with E-state index in [1.807, 2.05) is 6.92 Å². The zero-order valence-corrected chi connectivity index (χ0v) is 14.1. The number of halogens is 3. The van der Waals surface area contributed by atoms with Crippen molar-refractivity contribution in [3.05, 3.63) is 48.2 Å². The first kappa shape index (κ1) is 18.4. The molecule has 3 rings (SSSR count). The number of nitrogen functional groups attached to an aromatic ring is 1. The normalized spacial score (nSPS) is 11.3. The minimum Gasteiger partial charge on any atom is -0.467 e. The number of benzene rings is 1. The van der Waals surface area contributed by atoms with Crippen LogP contribution in [0.15, 0.2) is 42.5 Å². The van der Waals surface area contributed by atoms with Gasteiger partial charge < -0.3 is 15.2 Å². The molecule has 3 aromatic rings. The first-order chi connectivity index (χ1) is 12.8. The minimum absolute atomic E-state index is 0.109. The van der Waals surface area contributed by atoms with Crippen molar-refractivity contribution in [1.29, 1.82) is 0 Å². The van der Waals surface area contributed by atoms with Crippen LogP contribution in [0.4, 0.5) is 19.0 Å². The van der Waals surface area contributed by atoms with Gasteiger partial charge >= 0.3 is 6.18 Å². The van der Waals surface area contributed by atoms with Crippen LogP contribution in [0.25, 0.3) is 11.4 Å². The highest BCUT2D eigenvalue weighted by Gasteiger charge is 2.28. The van der Waals surface area contributed by atoms with E-state index in [9.17, 15) is 13.2 Å². The summed E-state index contributed by atoms with van der Waals surface area (Å²) in [6.45, 7) is 0.384. The molecule has 2 N–H and O–H groups in total. The first-order valence-corrected chi connectivity index (χ1v) is 7.71. The predicted molar refractivity (Wildman–Crippen MR) is 90.3 cm³/mol. The second-order valence-electron chi connectivity index (χ2n) is 5.50. The lowest BCUT2D eigenvalue weighted by Gasteiger charge is -2.08. The van der Waals surface area contributed by atoms with E-state index in [1.165, 1.54) is 12.1 Å². The Hall–Kier alpha value is -3.43. The van der Waals surface area contributed by atoms with Gasteiger partial charge in [-0.3, -0.25) is 0 Å². The maximum Gasteiger partial charge on any atom is 0.422 e. The van der Waals surface area contributed by atoms with E-state index in [1.54, 1.807) is 30.3 Å². The number of hydrogen-bond donors (Lipinski definition) is 1. The van der Waals surface area contributed by atoms with E-state index >= 15 is 0 Å². The molecule has 7 nitrogen and oxygen atoms in total. The van der Waals surface area contributed by atoms with Gasteiger partial charge in [0.1, 0.15) is 11.6 Å². The molecule has 0 spiro atoms. The van der Waals surface area contributed by atoms with Crippen LogP contribution >= 0.6 is 0 Å². The van der Waals surface area contributed by atoms with Crippen molar-refractivity contribution in [1.82, 2.24) is 20.2 Å². The maximum atomic E-state index is 12.1. The van der Waals surface area contributed by atoms with Gasteiger partial charge in [-0.2, -0.15) is 13.2 Å². The van der Waals surface area contributed by atoms with Crippen LogP contribution in [0.1, 0.15) is 5.69 Å². The highest BCUT2D eigenvalue weighted by atomic mass is 19.4. The predicted octanol–water partition coefficient (Wildman–Crippen LogP) is 3.56. The molecule has 0 radical (unpaired) electrons. The Morgan fingerprint density at radius 3 is 2.22 bits per heavy atom. The third-order valence-electron chi connectivity index (χ3n) is 3.21. The van der Waals surface area contributed by atoms with Gasteiger partial charge in [0.15, 0.2) is 12.4 Å². The van der Waals surface area contributed by atoms with Gasteiger partial charge in [0.05, 0.1) is 0 Å². The number of aryl methyl sites for hydroxylation is 1. The molecule has 0 saturated heterocycles. The molecular formula is C17H14F3N5O2. The quantitative estimate of drug-likeness (QED) is 0.726. The number of aromatic nitrogens is 4. The van der Waals surface area contributed by atoms with Gasteiger partial charge in [-0.1, -0.05) is 0 Å². The Labute approximate surface area is 152 Å². The Morgan fingerprint density at radius 2 is 1.63 bits per heavy atom. The van der Waals surface area contributed by atoms with E-state index in [0.717, 1.165) is 11.3 Å². The molecular weight excluding hydrogens is 363 g/mol. The molecule has 0 saturated carbocycles. The number of anilines is 1. The number of rotatable bonds is 5. The lowest BCUT2D eigenvalue weighted by molar-refractivity contribution is -0.154.